The van der Waals surface area contributed by atoms with Crippen LogP contribution in [0.1, 0.15) is 46.0 Å². The lowest BCUT2D eigenvalue weighted by atomic mass is 10.0. The minimum absolute atomic E-state index is 0.626. The van der Waals surface area contributed by atoms with E-state index in [4.69, 9.17) is 9.16 Å². The van der Waals surface area contributed by atoms with Gasteiger partial charge in [-0.1, -0.05) is 20.3 Å². The summed E-state index contributed by atoms with van der Waals surface area (Å²) in [5, 5.41) is 0. The Morgan fingerprint density at radius 2 is 2.07 bits per heavy atom. The maximum absolute atomic E-state index is 6.12. The zero-order chi connectivity index (χ0) is 10.7. The van der Waals surface area contributed by atoms with Crippen LogP contribution < -0.4 is 0 Å². The lowest BCUT2D eigenvalue weighted by Crippen LogP contribution is -2.29. The summed E-state index contributed by atoms with van der Waals surface area (Å²) in [5.74, 6) is 0. The first-order valence-electron chi connectivity index (χ1n) is 6.62. The van der Waals surface area contributed by atoms with Crippen LogP contribution in [-0.2, 0) is 9.16 Å². The third-order valence-corrected chi connectivity index (χ3v) is 7.15. The zero-order valence-corrected chi connectivity index (χ0v) is 11.2. The molecule has 1 saturated carbocycles. The van der Waals surface area contributed by atoms with E-state index >= 15 is 0 Å². The van der Waals surface area contributed by atoms with E-state index in [0.717, 1.165) is 12.1 Å². The smallest absolute Gasteiger partial charge is 0.180 e. The molecule has 0 aromatic carbocycles. The number of rotatable bonds is 6. The van der Waals surface area contributed by atoms with E-state index in [0.29, 0.717) is 12.2 Å². The molecule has 0 aromatic heterocycles. The van der Waals surface area contributed by atoms with E-state index in [1.165, 1.54) is 38.1 Å². The molecule has 0 radical (unpaired) electrons. The molecule has 0 aromatic rings. The molecule has 2 rings (SSSR count). The molecule has 1 saturated heterocycles. The van der Waals surface area contributed by atoms with Crippen molar-refractivity contribution in [3.8, 4) is 0 Å². The molecule has 15 heavy (non-hydrogen) atoms. The van der Waals surface area contributed by atoms with Crippen LogP contribution in [0.15, 0.2) is 0 Å². The van der Waals surface area contributed by atoms with Crippen molar-refractivity contribution in [3.63, 3.8) is 0 Å². The first kappa shape index (κ1) is 11.6. The van der Waals surface area contributed by atoms with Gasteiger partial charge in [-0.3, -0.25) is 0 Å². The minimum atomic E-state index is -0.925. The van der Waals surface area contributed by atoms with Crippen LogP contribution >= 0.6 is 0 Å². The van der Waals surface area contributed by atoms with Crippen LogP contribution in [0.25, 0.3) is 0 Å². The Morgan fingerprint density at radius 1 is 1.20 bits per heavy atom. The molecule has 1 heterocycles. The van der Waals surface area contributed by atoms with Crippen LogP contribution in [0, 0.1) is 0 Å². The summed E-state index contributed by atoms with van der Waals surface area (Å²) >= 11 is 0. The average Bonchev–Trinajstić information content (AvgIpc) is 3.02. The molecule has 4 atom stereocenters. The molecule has 88 valence electrons. The normalized spacial score (nSPS) is 36.0. The summed E-state index contributed by atoms with van der Waals surface area (Å²) < 4.78 is 11.7. The molecule has 0 bridgehead atoms. The monoisotopic (exact) mass is 228 g/mol. The number of fused-ring (bicyclic) bond motifs is 1. The summed E-state index contributed by atoms with van der Waals surface area (Å²) in [5.41, 5.74) is 0.903. The van der Waals surface area contributed by atoms with Crippen molar-refractivity contribution in [2.24, 2.45) is 0 Å². The molecule has 2 fully saturated rings. The van der Waals surface area contributed by atoms with Gasteiger partial charge in [-0.15, -0.1) is 0 Å². The van der Waals surface area contributed by atoms with E-state index in [1.807, 2.05) is 0 Å². The van der Waals surface area contributed by atoms with Crippen molar-refractivity contribution in [1.82, 2.24) is 0 Å². The molecule has 0 N–H and O–H groups in total. The quantitative estimate of drug-likeness (QED) is 0.515. The van der Waals surface area contributed by atoms with Gasteiger partial charge in [0.25, 0.3) is 0 Å². The predicted octanol–water partition coefficient (Wildman–Crippen LogP) is 2.87. The largest absolute Gasteiger partial charge is 0.420 e. The van der Waals surface area contributed by atoms with E-state index in [9.17, 15) is 0 Å². The van der Waals surface area contributed by atoms with Gasteiger partial charge in [0.1, 0.15) is 0 Å². The molecule has 0 spiro atoms. The minimum Gasteiger partial charge on any atom is -0.420 e. The Hall–Kier alpha value is 0.137. The van der Waals surface area contributed by atoms with Crippen LogP contribution in [-0.4, -0.2) is 27.9 Å². The van der Waals surface area contributed by atoms with E-state index in [-0.39, 0.29) is 0 Å². The van der Waals surface area contributed by atoms with Crippen LogP contribution in [0.3, 0.4) is 0 Å². The molecule has 4 unspecified atom stereocenters. The molecule has 1 aliphatic heterocycles. The molecular formula is C12H24O2Si. The zero-order valence-electron chi connectivity index (χ0n) is 10.1. The second kappa shape index (κ2) is 5.46. The van der Waals surface area contributed by atoms with Crippen LogP contribution in [0.5, 0.6) is 0 Å². The van der Waals surface area contributed by atoms with Crippen molar-refractivity contribution in [3.05, 3.63) is 0 Å². The van der Waals surface area contributed by atoms with Gasteiger partial charge >= 0.3 is 0 Å². The molecular weight excluding hydrogens is 204 g/mol. The number of epoxide rings is 1. The third-order valence-electron chi connectivity index (χ3n) is 3.68. The van der Waals surface area contributed by atoms with Crippen molar-refractivity contribution in [1.29, 1.82) is 0 Å². The summed E-state index contributed by atoms with van der Waals surface area (Å²) in [6, 6.07) is 1.36. The Morgan fingerprint density at radius 3 is 2.73 bits per heavy atom. The number of ether oxygens (including phenoxy) is 1. The van der Waals surface area contributed by atoms with E-state index in [2.05, 4.69) is 13.8 Å². The highest BCUT2D eigenvalue weighted by Gasteiger charge is 2.46. The first-order valence-corrected chi connectivity index (χ1v) is 8.57. The van der Waals surface area contributed by atoms with Crippen molar-refractivity contribution in [2.45, 2.75) is 69.7 Å². The van der Waals surface area contributed by atoms with Gasteiger partial charge < -0.3 is 9.16 Å². The van der Waals surface area contributed by atoms with Crippen LogP contribution in [0.4, 0.5) is 0 Å². The summed E-state index contributed by atoms with van der Waals surface area (Å²) in [6.45, 7) is 5.48. The average molecular weight is 228 g/mol. The highest BCUT2D eigenvalue weighted by Crippen LogP contribution is 2.44. The molecule has 2 aliphatic rings. The van der Waals surface area contributed by atoms with Gasteiger partial charge in [0.2, 0.25) is 0 Å². The summed E-state index contributed by atoms with van der Waals surface area (Å²) in [7, 11) is -0.925. The maximum Gasteiger partial charge on any atom is 0.180 e. The molecule has 3 heteroatoms. The Bertz CT molecular complexity index is 198. The highest BCUT2D eigenvalue weighted by atomic mass is 28.3. The maximum atomic E-state index is 6.12. The van der Waals surface area contributed by atoms with Gasteiger partial charge in [0.15, 0.2) is 9.04 Å². The number of hydrogen-bond donors (Lipinski definition) is 0. The summed E-state index contributed by atoms with van der Waals surface area (Å²) in [6.07, 6.45) is 7.73. The molecule has 2 nitrogen and oxygen atoms in total. The van der Waals surface area contributed by atoms with Gasteiger partial charge in [0.05, 0.1) is 12.2 Å². The Kier molecular flexibility index (Phi) is 4.23. The standard InChI is InChI=1S/C12H24O2Si/c1-3-7-13-15(8-4-2)10-5-6-11-12(9-10)14-11/h10-12,15H,3-9H2,1-2H3. The highest BCUT2D eigenvalue weighted by molar-refractivity contribution is 6.53. The first-order chi connectivity index (χ1) is 7.35. The molecule has 0 amide bonds. The van der Waals surface area contributed by atoms with E-state index < -0.39 is 9.04 Å². The Labute approximate surface area is 95.1 Å². The van der Waals surface area contributed by atoms with Crippen molar-refractivity contribution in [2.75, 3.05) is 6.61 Å². The molecule has 1 aliphatic carbocycles. The Balaban J connectivity index is 1.79. The fourth-order valence-corrected chi connectivity index (χ4v) is 5.94. The van der Waals surface area contributed by atoms with Gasteiger partial charge in [0, 0.05) is 6.61 Å². The summed E-state index contributed by atoms with van der Waals surface area (Å²) in [4.78, 5) is 0. The van der Waals surface area contributed by atoms with Crippen molar-refractivity contribution >= 4 is 9.04 Å². The van der Waals surface area contributed by atoms with E-state index in [1.54, 1.807) is 0 Å². The van der Waals surface area contributed by atoms with Gasteiger partial charge in [-0.05, 0) is 37.3 Å². The second-order valence-electron chi connectivity index (χ2n) is 4.98. The van der Waals surface area contributed by atoms with Gasteiger partial charge in [-0.2, -0.15) is 0 Å². The third kappa shape index (κ3) is 3.05. The van der Waals surface area contributed by atoms with Gasteiger partial charge in [-0.25, -0.2) is 0 Å². The SMILES string of the molecule is CCCO[SiH](CCC)C1CCC2OC2C1. The van der Waals surface area contributed by atoms with Crippen LogP contribution in [0.2, 0.25) is 11.6 Å². The topological polar surface area (TPSA) is 21.8 Å². The number of hydrogen-bond acceptors (Lipinski definition) is 2. The predicted molar refractivity (Wildman–Crippen MR) is 64.8 cm³/mol. The lowest BCUT2D eigenvalue weighted by Gasteiger charge is -2.27. The fraction of sp³-hybridized carbons (Fsp3) is 1.00. The van der Waals surface area contributed by atoms with Crippen molar-refractivity contribution < 1.29 is 9.16 Å². The lowest BCUT2D eigenvalue weighted by molar-refractivity contribution is 0.301. The second-order valence-corrected chi connectivity index (χ2v) is 7.91. The fourth-order valence-electron chi connectivity index (χ4n) is 2.78.